The summed E-state index contributed by atoms with van der Waals surface area (Å²) in [5.41, 5.74) is 3.58. The van der Waals surface area contributed by atoms with Crippen LogP contribution in [0.4, 0.5) is 5.69 Å². The van der Waals surface area contributed by atoms with Crippen LogP contribution in [0.1, 0.15) is 26.3 Å². The Bertz CT molecular complexity index is 1930. The zero-order valence-electron chi connectivity index (χ0n) is 21.6. The van der Waals surface area contributed by atoms with Crippen molar-refractivity contribution < 1.29 is 22.7 Å². The minimum atomic E-state index is -3.77. The molecular weight excluding hydrogens is 597 g/mol. The average Bonchev–Trinajstić information content (AvgIpc) is 2.98. The Labute approximate surface area is 251 Å². The number of nitrogens with zero attached hydrogens (tertiary/aromatic N) is 1. The summed E-state index contributed by atoms with van der Waals surface area (Å²) in [5, 5.41) is 6.22. The van der Waals surface area contributed by atoms with Gasteiger partial charge >= 0.3 is 5.97 Å². The number of carbonyl (C=O) groups is 2. The second-order valence-corrected chi connectivity index (χ2v) is 11.4. The van der Waals surface area contributed by atoms with Crippen LogP contribution < -0.4 is 14.9 Å². The lowest BCUT2D eigenvalue weighted by Gasteiger charge is -2.11. The van der Waals surface area contributed by atoms with Crippen molar-refractivity contribution in [2.45, 2.75) is 4.90 Å². The predicted molar refractivity (Wildman–Crippen MR) is 164 cm³/mol. The van der Waals surface area contributed by atoms with Crippen LogP contribution in [-0.2, 0) is 10.0 Å². The third-order valence-corrected chi connectivity index (χ3v) is 8.04. The number of ether oxygens (including phenoxy) is 1. The molecule has 2 N–H and O–H groups in total. The third-order valence-electron chi connectivity index (χ3n) is 6.10. The molecule has 8 nitrogen and oxygen atoms in total. The molecule has 5 rings (SSSR count). The van der Waals surface area contributed by atoms with Crippen molar-refractivity contribution in [1.82, 2.24) is 5.43 Å². The van der Waals surface area contributed by atoms with Gasteiger partial charge in [-0.15, -0.1) is 0 Å². The fourth-order valence-electron chi connectivity index (χ4n) is 4.03. The fraction of sp³-hybridized carbons (Fsp3) is 0. The SMILES string of the molecule is O=C(N/N=C/c1c(OC(=O)c2ccc(Cl)cc2Cl)ccc2ccccc12)c1ccc(NS(=O)(=O)c2ccccc2)cc1. The summed E-state index contributed by atoms with van der Waals surface area (Å²) in [4.78, 5) is 25.8. The van der Waals surface area contributed by atoms with Gasteiger partial charge in [0.2, 0.25) is 0 Å². The summed E-state index contributed by atoms with van der Waals surface area (Å²) in [6.07, 6.45) is 1.38. The van der Waals surface area contributed by atoms with E-state index in [1.54, 1.807) is 30.3 Å². The first kappa shape index (κ1) is 28.8. The van der Waals surface area contributed by atoms with Crippen LogP contribution in [0.3, 0.4) is 0 Å². The Morgan fingerprint density at radius 3 is 2.26 bits per heavy atom. The Morgan fingerprint density at radius 2 is 1.52 bits per heavy atom. The summed E-state index contributed by atoms with van der Waals surface area (Å²) in [6, 6.07) is 29.1. The monoisotopic (exact) mass is 617 g/mol. The minimum Gasteiger partial charge on any atom is -0.422 e. The molecule has 0 heterocycles. The summed E-state index contributed by atoms with van der Waals surface area (Å²) in [5.74, 6) is -1.01. The number of esters is 1. The Hall–Kier alpha value is -4.70. The number of hydrazone groups is 1. The van der Waals surface area contributed by atoms with Crippen LogP contribution in [0, 0.1) is 0 Å². The van der Waals surface area contributed by atoms with Gasteiger partial charge in [0.15, 0.2) is 0 Å². The Morgan fingerprint density at radius 1 is 0.810 bits per heavy atom. The predicted octanol–water partition coefficient (Wildman–Crippen LogP) is 6.93. The fourth-order valence-corrected chi connectivity index (χ4v) is 5.60. The quantitative estimate of drug-likeness (QED) is 0.0848. The van der Waals surface area contributed by atoms with Gasteiger partial charge in [-0.3, -0.25) is 9.52 Å². The lowest BCUT2D eigenvalue weighted by Crippen LogP contribution is -2.18. The smallest absolute Gasteiger partial charge is 0.345 e. The first-order valence-corrected chi connectivity index (χ1v) is 14.7. The van der Waals surface area contributed by atoms with Gasteiger partial charge < -0.3 is 4.74 Å². The third kappa shape index (κ3) is 6.60. The van der Waals surface area contributed by atoms with E-state index in [-0.39, 0.29) is 26.8 Å². The number of hydrogen-bond donors (Lipinski definition) is 2. The van der Waals surface area contributed by atoms with E-state index in [2.05, 4.69) is 15.2 Å². The van der Waals surface area contributed by atoms with Gasteiger partial charge in [0.05, 0.1) is 21.7 Å². The van der Waals surface area contributed by atoms with E-state index in [9.17, 15) is 18.0 Å². The number of sulfonamides is 1. The van der Waals surface area contributed by atoms with Crippen LogP contribution in [0.5, 0.6) is 5.75 Å². The molecule has 0 spiro atoms. The van der Waals surface area contributed by atoms with Crippen molar-refractivity contribution in [3.05, 3.63) is 136 Å². The normalized spacial score (nSPS) is 11.4. The minimum absolute atomic E-state index is 0.121. The van der Waals surface area contributed by atoms with Crippen molar-refractivity contribution in [1.29, 1.82) is 0 Å². The number of nitrogens with one attached hydrogen (secondary N) is 2. The van der Waals surface area contributed by atoms with E-state index in [0.717, 1.165) is 10.8 Å². The lowest BCUT2D eigenvalue weighted by molar-refractivity contribution is 0.0734. The molecule has 5 aromatic rings. The van der Waals surface area contributed by atoms with E-state index >= 15 is 0 Å². The number of hydrogen-bond acceptors (Lipinski definition) is 6. The zero-order valence-corrected chi connectivity index (χ0v) is 24.0. The van der Waals surface area contributed by atoms with E-state index < -0.39 is 21.9 Å². The first-order valence-electron chi connectivity index (χ1n) is 12.4. The highest BCUT2D eigenvalue weighted by molar-refractivity contribution is 7.92. The average molecular weight is 618 g/mol. The van der Waals surface area contributed by atoms with Gasteiger partial charge in [0.1, 0.15) is 5.75 Å². The second-order valence-electron chi connectivity index (χ2n) is 8.91. The highest BCUT2D eigenvalue weighted by atomic mass is 35.5. The van der Waals surface area contributed by atoms with Crippen LogP contribution >= 0.6 is 23.2 Å². The number of rotatable bonds is 8. The number of fused-ring (bicyclic) bond motifs is 1. The summed E-state index contributed by atoms with van der Waals surface area (Å²) in [7, 11) is -3.77. The van der Waals surface area contributed by atoms with Crippen molar-refractivity contribution >= 4 is 67.8 Å². The van der Waals surface area contributed by atoms with Gasteiger partial charge in [-0.05, 0) is 71.4 Å². The van der Waals surface area contributed by atoms with Crippen LogP contribution in [-0.4, -0.2) is 26.5 Å². The second kappa shape index (κ2) is 12.4. The van der Waals surface area contributed by atoms with Gasteiger partial charge in [-0.25, -0.2) is 18.6 Å². The van der Waals surface area contributed by atoms with Gasteiger partial charge in [-0.1, -0.05) is 71.7 Å². The molecule has 0 aliphatic rings. The zero-order chi connectivity index (χ0) is 29.7. The van der Waals surface area contributed by atoms with Crippen molar-refractivity contribution in [2.75, 3.05) is 4.72 Å². The van der Waals surface area contributed by atoms with Crippen LogP contribution in [0.2, 0.25) is 10.0 Å². The largest absolute Gasteiger partial charge is 0.422 e. The molecule has 0 bridgehead atoms. The highest BCUT2D eigenvalue weighted by Gasteiger charge is 2.17. The molecule has 0 aliphatic carbocycles. The molecule has 0 saturated heterocycles. The molecule has 42 heavy (non-hydrogen) atoms. The number of halogens is 2. The summed E-state index contributed by atoms with van der Waals surface area (Å²) >= 11 is 12.1. The van der Waals surface area contributed by atoms with Gasteiger partial charge in [0, 0.05) is 21.8 Å². The van der Waals surface area contributed by atoms with Gasteiger partial charge in [-0.2, -0.15) is 5.10 Å². The van der Waals surface area contributed by atoms with Crippen LogP contribution in [0.25, 0.3) is 10.8 Å². The van der Waals surface area contributed by atoms with Gasteiger partial charge in [0.25, 0.3) is 15.9 Å². The number of benzene rings is 5. The lowest BCUT2D eigenvalue weighted by atomic mass is 10.0. The molecule has 0 unspecified atom stereocenters. The molecular formula is C31H21Cl2N3O5S. The maximum absolute atomic E-state index is 12.9. The molecule has 210 valence electrons. The number of carbonyl (C=O) groups excluding carboxylic acids is 2. The number of anilines is 1. The molecule has 0 fully saturated rings. The van der Waals surface area contributed by atoms with Crippen LogP contribution in [0.15, 0.2) is 119 Å². The first-order chi connectivity index (χ1) is 20.2. The van der Waals surface area contributed by atoms with Crippen molar-refractivity contribution in [3.8, 4) is 5.75 Å². The Kier molecular flexibility index (Phi) is 8.53. The Balaban J connectivity index is 1.33. The van der Waals surface area contributed by atoms with Crippen molar-refractivity contribution in [2.24, 2.45) is 5.10 Å². The molecule has 11 heteroatoms. The maximum Gasteiger partial charge on any atom is 0.345 e. The molecule has 1 amide bonds. The summed E-state index contributed by atoms with van der Waals surface area (Å²) < 4.78 is 33.2. The molecule has 0 radical (unpaired) electrons. The van der Waals surface area contributed by atoms with E-state index in [4.69, 9.17) is 27.9 Å². The van der Waals surface area contributed by atoms with Crippen molar-refractivity contribution in [3.63, 3.8) is 0 Å². The molecule has 5 aromatic carbocycles. The van der Waals surface area contributed by atoms with E-state index in [1.165, 1.54) is 60.8 Å². The standard InChI is InChI=1S/C31H21Cl2N3O5S/c32-22-13-16-26(28(33)18-22)31(38)41-29-17-12-20-6-4-5-9-25(20)27(29)19-34-35-30(37)21-10-14-23(15-11-21)36-42(39,40)24-7-2-1-3-8-24/h1-19,36H,(H,35,37)/b34-19+. The van der Waals surface area contributed by atoms with E-state index in [0.29, 0.717) is 16.3 Å². The van der Waals surface area contributed by atoms with E-state index in [1.807, 2.05) is 24.3 Å². The number of amides is 1. The molecule has 0 aliphatic heterocycles. The summed E-state index contributed by atoms with van der Waals surface area (Å²) in [6.45, 7) is 0. The highest BCUT2D eigenvalue weighted by Crippen LogP contribution is 2.29. The maximum atomic E-state index is 12.9. The molecule has 0 aromatic heterocycles. The topological polar surface area (TPSA) is 114 Å². The molecule has 0 atom stereocenters. The molecule has 0 saturated carbocycles.